The summed E-state index contributed by atoms with van der Waals surface area (Å²) in [6.45, 7) is 5.72. The maximum Gasteiger partial charge on any atom is 0.323 e. The molecule has 88 valence electrons. The van der Waals surface area contributed by atoms with Gasteiger partial charge in [0.15, 0.2) is 0 Å². The van der Waals surface area contributed by atoms with Crippen molar-refractivity contribution in [3.8, 4) is 0 Å². The van der Waals surface area contributed by atoms with Crippen molar-refractivity contribution in [1.29, 1.82) is 0 Å². The van der Waals surface area contributed by atoms with Crippen LogP contribution < -0.4 is 5.73 Å². The van der Waals surface area contributed by atoms with Crippen molar-refractivity contribution in [2.24, 2.45) is 5.73 Å². The predicted octanol–water partition coefficient (Wildman–Crippen LogP) is 1.17. The first-order chi connectivity index (χ1) is 7.39. The van der Waals surface area contributed by atoms with Crippen LogP contribution in [0.4, 0.5) is 0 Å². The van der Waals surface area contributed by atoms with Gasteiger partial charge in [-0.25, -0.2) is 0 Å². The molecule has 0 bridgehead atoms. The highest BCUT2D eigenvalue weighted by Crippen LogP contribution is 2.24. The van der Waals surface area contributed by atoms with E-state index in [9.17, 15) is 4.79 Å². The van der Waals surface area contributed by atoms with E-state index >= 15 is 0 Å². The van der Waals surface area contributed by atoms with E-state index in [4.69, 9.17) is 5.73 Å². The zero-order valence-corrected chi connectivity index (χ0v) is 10.2. The van der Waals surface area contributed by atoms with Crippen LogP contribution in [0.25, 0.3) is 0 Å². The lowest BCUT2D eigenvalue weighted by molar-refractivity contribution is -0.143. The van der Waals surface area contributed by atoms with E-state index in [2.05, 4.69) is 9.72 Å². The van der Waals surface area contributed by atoms with Gasteiger partial charge in [0, 0.05) is 17.3 Å². The van der Waals surface area contributed by atoms with Gasteiger partial charge in [-0.15, -0.1) is 0 Å². The summed E-state index contributed by atoms with van der Waals surface area (Å²) < 4.78 is 4.65. The van der Waals surface area contributed by atoms with Crippen LogP contribution in [0.3, 0.4) is 0 Å². The summed E-state index contributed by atoms with van der Waals surface area (Å²) in [5.41, 5.74) is 7.18. The molecule has 1 heterocycles. The SMILES string of the molecule is COC(=O)C(N)C(C)(C)c1ccc(C)cn1. The minimum atomic E-state index is -0.715. The van der Waals surface area contributed by atoms with Crippen LogP contribution in [-0.2, 0) is 14.9 Å². The first-order valence-corrected chi connectivity index (χ1v) is 5.16. The first kappa shape index (κ1) is 12.6. The van der Waals surface area contributed by atoms with Crippen molar-refractivity contribution < 1.29 is 9.53 Å². The van der Waals surface area contributed by atoms with Crippen LogP contribution in [0.15, 0.2) is 18.3 Å². The second-order valence-corrected chi connectivity index (χ2v) is 4.44. The molecule has 16 heavy (non-hydrogen) atoms. The molecule has 0 amide bonds. The molecule has 0 spiro atoms. The lowest BCUT2D eigenvalue weighted by atomic mass is 9.81. The Kier molecular flexibility index (Phi) is 3.65. The van der Waals surface area contributed by atoms with E-state index in [1.807, 2.05) is 32.9 Å². The summed E-state index contributed by atoms with van der Waals surface area (Å²) >= 11 is 0. The second kappa shape index (κ2) is 4.61. The highest BCUT2D eigenvalue weighted by atomic mass is 16.5. The van der Waals surface area contributed by atoms with Gasteiger partial charge in [-0.3, -0.25) is 9.78 Å². The van der Waals surface area contributed by atoms with Crippen molar-refractivity contribution in [2.75, 3.05) is 7.11 Å². The quantitative estimate of drug-likeness (QED) is 0.780. The van der Waals surface area contributed by atoms with Gasteiger partial charge < -0.3 is 10.5 Å². The Morgan fingerprint density at radius 3 is 2.56 bits per heavy atom. The average Bonchev–Trinajstić information content (AvgIpc) is 2.27. The van der Waals surface area contributed by atoms with Crippen LogP contribution in [0, 0.1) is 6.92 Å². The molecule has 1 aromatic heterocycles. The monoisotopic (exact) mass is 222 g/mol. The Balaban J connectivity index is 3.01. The Morgan fingerprint density at radius 2 is 2.12 bits per heavy atom. The van der Waals surface area contributed by atoms with E-state index in [-0.39, 0.29) is 0 Å². The number of aromatic nitrogens is 1. The Labute approximate surface area is 95.8 Å². The molecule has 0 aliphatic carbocycles. The van der Waals surface area contributed by atoms with Crippen LogP contribution in [0.1, 0.15) is 25.1 Å². The lowest BCUT2D eigenvalue weighted by Crippen LogP contribution is -2.47. The van der Waals surface area contributed by atoms with Gasteiger partial charge in [-0.1, -0.05) is 19.9 Å². The number of hydrogen-bond acceptors (Lipinski definition) is 4. The van der Waals surface area contributed by atoms with Crippen molar-refractivity contribution in [2.45, 2.75) is 32.2 Å². The highest BCUT2D eigenvalue weighted by molar-refractivity contribution is 5.77. The molecular formula is C12H18N2O2. The molecule has 0 saturated carbocycles. The zero-order chi connectivity index (χ0) is 12.3. The van der Waals surface area contributed by atoms with Crippen molar-refractivity contribution in [1.82, 2.24) is 4.98 Å². The van der Waals surface area contributed by atoms with E-state index in [0.717, 1.165) is 11.3 Å². The number of esters is 1. The normalized spacial score (nSPS) is 13.3. The molecule has 0 aliphatic heterocycles. The molecule has 0 aliphatic rings. The second-order valence-electron chi connectivity index (χ2n) is 4.44. The van der Waals surface area contributed by atoms with Gasteiger partial charge in [-0.05, 0) is 18.6 Å². The van der Waals surface area contributed by atoms with Crippen LogP contribution >= 0.6 is 0 Å². The summed E-state index contributed by atoms with van der Waals surface area (Å²) in [6.07, 6.45) is 1.76. The summed E-state index contributed by atoms with van der Waals surface area (Å²) in [6, 6.07) is 3.12. The van der Waals surface area contributed by atoms with Gasteiger partial charge in [0.2, 0.25) is 0 Å². The van der Waals surface area contributed by atoms with Crippen LogP contribution in [0.5, 0.6) is 0 Å². The standard InChI is InChI=1S/C12H18N2O2/c1-8-5-6-9(14-7-8)12(2,3)10(13)11(15)16-4/h5-7,10H,13H2,1-4H3. The largest absolute Gasteiger partial charge is 0.468 e. The molecule has 0 fully saturated rings. The molecule has 2 N–H and O–H groups in total. The third kappa shape index (κ3) is 2.39. The Hall–Kier alpha value is -1.42. The number of carbonyl (C=O) groups excluding carboxylic acids is 1. The summed E-state index contributed by atoms with van der Waals surface area (Å²) in [4.78, 5) is 15.7. The van der Waals surface area contributed by atoms with E-state index in [1.54, 1.807) is 6.20 Å². The van der Waals surface area contributed by atoms with E-state index in [1.165, 1.54) is 7.11 Å². The lowest BCUT2D eigenvalue weighted by Gasteiger charge is -2.28. The number of carbonyl (C=O) groups is 1. The number of nitrogens with two attached hydrogens (primary N) is 1. The van der Waals surface area contributed by atoms with Crippen LogP contribution in [-0.4, -0.2) is 24.1 Å². The summed E-state index contributed by atoms with van der Waals surface area (Å²) in [5, 5.41) is 0. The molecule has 1 atom stereocenters. The number of hydrogen-bond donors (Lipinski definition) is 1. The minimum Gasteiger partial charge on any atom is -0.468 e. The highest BCUT2D eigenvalue weighted by Gasteiger charge is 2.35. The van der Waals surface area contributed by atoms with E-state index in [0.29, 0.717) is 0 Å². The predicted molar refractivity (Wildman–Crippen MR) is 62.0 cm³/mol. The molecule has 4 nitrogen and oxygen atoms in total. The zero-order valence-electron chi connectivity index (χ0n) is 10.2. The average molecular weight is 222 g/mol. The van der Waals surface area contributed by atoms with Crippen molar-refractivity contribution in [3.63, 3.8) is 0 Å². The smallest absolute Gasteiger partial charge is 0.323 e. The first-order valence-electron chi connectivity index (χ1n) is 5.16. The molecule has 0 aromatic carbocycles. The maximum atomic E-state index is 11.4. The van der Waals surface area contributed by atoms with Gasteiger partial charge >= 0.3 is 5.97 Å². The summed E-state index contributed by atoms with van der Waals surface area (Å²) in [7, 11) is 1.33. The minimum absolute atomic E-state index is 0.424. The molecule has 1 rings (SSSR count). The number of ether oxygens (including phenoxy) is 1. The van der Waals surface area contributed by atoms with Gasteiger partial charge in [0.25, 0.3) is 0 Å². The fraction of sp³-hybridized carbons (Fsp3) is 0.500. The van der Waals surface area contributed by atoms with Gasteiger partial charge in [0.05, 0.1) is 7.11 Å². The summed E-state index contributed by atoms with van der Waals surface area (Å²) in [5.74, 6) is -0.424. The number of aryl methyl sites for hydroxylation is 1. The third-order valence-corrected chi connectivity index (χ3v) is 2.80. The van der Waals surface area contributed by atoms with Gasteiger partial charge in [0.1, 0.15) is 6.04 Å². The number of rotatable bonds is 3. The fourth-order valence-corrected chi connectivity index (χ4v) is 1.43. The van der Waals surface area contributed by atoms with Crippen molar-refractivity contribution in [3.05, 3.63) is 29.6 Å². The van der Waals surface area contributed by atoms with Gasteiger partial charge in [-0.2, -0.15) is 0 Å². The third-order valence-electron chi connectivity index (χ3n) is 2.80. The van der Waals surface area contributed by atoms with Crippen LogP contribution in [0.2, 0.25) is 0 Å². The Morgan fingerprint density at radius 1 is 1.50 bits per heavy atom. The number of pyridine rings is 1. The number of nitrogens with zero attached hydrogens (tertiary/aromatic N) is 1. The molecule has 4 heteroatoms. The van der Waals surface area contributed by atoms with Crippen molar-refractivity contribution >= 4 is 5.97 Å². The fourth-order valence-electron chi connectivity index (χ4n) is 1.43. The molecule has 1 unspecified atom stereocenters. The Bertz CT molecular complexity index is 371. The molecule has 0 saturated heterocycles. The topological polar surface area (TPSA) is 65.2 Å². The maximum absolute atomic E-state index is 11.4. The molecule has 0 radical (unpaired) electrons. The molecule has 1 aromatic rings. The molecular weight excluding hydrogens is 204 g/mol. The van der Waals surface area contributed by atoms with E-state index < -0.39 is 17.4 Å². The number of methoxy groups -OCH3 is 1.